The molecule has 3 aromatic rings. The number of nitrogens with one attached hydrogen (secondary N) is 2. The molecule has 272 valence electrons. The maximum Gasteiger partial charge on any atom is 1.00 e. The fourth-order valence-electron chi connectivity index (χ4n) is 5.78. The van der Waals surface area contributed by atoms with Gasteiger partial charge in [-0.3, -0.25) is 0 Å². The van der Waals surface area contributed by atoms with Crippen molar-refractivity contribution < 1.29 is 151 Å². The van der Waals surface area contributed by atoms with Crippen molar-refractivity contribution in [1.29, 1.82) is 0 Å². The Kier molecular flexibility index (Phi) is 17.9. The average molecular weight is 789 g/mol. The summed E-state index contributed by atoms with van der Waals surface area (Å²) in [6.07, 6.45) is 0. The number of hydrogen-bond donors (Lipinski definition) is 2. The van der Waals surface area contributed by atoms with Gasteiger partial charge in [0, 0.05) is 35.2 Å². The zero-order chi connectivity index (χ0) is 37.4. The molecule has 0 amide bonds. The molecular weight excluding hydrogens is 751 g/mol. The summed E-state index contributed by atoms with van der Waals surface area (Å²) in [7, 11) is 7.21. The van der Waals surface area contributed by atoms with E-state index in [1.54, 1.807) is 12.1 Å². The molecule has 1 heterocycles. The smallest absolute Gasteiger partial charge is 0.548 e. The maximum atomic E-state index is 11.4. The molecule has 1 aliphatic carbocycles. The molecule has 0 aromatic heterocycles. The summed E-state index contributed by atoms with van der Waals surface area (Å²) < 4.78 is 25.8. The minimum atomic E-state index is -1.49. The molecule has 0 saturated carbocycles. The Morgan fingerprint density at radius 1 is 0.815 bits per heavy atom. The van der Waals surface area contributed by atoms with E-state index in [-0.39, 0.29) is 127 Å². The molecule has 0 bridgehead atoms. The van der Waals surface area contributed by atoms with Gasteiger partial charge in [0.1, 0.15) is 55.9 Å². The first-order valence-corrected chi connectivity index (χ1v) is 16.3. The van der Waals surface area contributed by atoms with E-state index in [1.165, 1.54) is 25.3 Å². The number of carbonyl (C=O) groups excluding carboxylic acids is 3. The molecule has 0 atom stereocenters. The second-order valence-electron chi connectivity index (χ2n) is 12.0. The number of ether oxygens (including phenoxy) is 3. The van der Waals surface area contributed by atoms with Crippen LogP contribution >= 0.6 is 0 Å². The normalized spacial score (nSPS) is 10.5. The molecule has 0 fully saturated rings. The number of rotatable bonds is 17. The molecule has 14 nitrogen and oxygen atoms in total. The van der Waals surface area contributed by atoms with E-state index in [1.807, 2.05) is 68.2 Å². The monoisotopic (exact) mass is 788 g/mol. The third kappa shape index (κ3) is 11.8. The summed E-state index contributed by atoms with van der Waals surface area (Å²) >= 11 is 0. The van der Waals surface area contributed by atoms with E-state index in [2.05, 4.69) is 10.6 Å². The molecule has 16 heteroatoms. The number of carboxylic acids is 3. The Morgan fingerprint density at radius 3 is 2.15 bits per heavy atom. The molecule has 2 N–H and O–H groups in total. The average Bonchev–Trinajstić information content (AvgIpc) is 3.10. The van der Waals surface area contributed by atoms with Gasteiger partial charge in [-0.2, -0.15) is 0 Å². The fraction of sp³-hybridized carbons (Fsp3) is 0.263. The molecule has 2 aliphatic rings. The molecule has 0 unspecified atom stereocenters. The van der Waals surface area contributed by atoms with Crippen LogP contribution in [-0.4, -0.2) is 79.0 Å². The summed E-state index contributed by atoms with van der Waals surface area (Å²) in [6, 6.07) is 21.9. The van der Waals surface area contributed by atoms with Crippen LogP contribution in [0.2, 0.25) is 0 Å². The Balaban J connectivity index is 0.00000392. The first kappa shape index (κ1) is 45.4. The van der Waals surface area contributed by atoms with Crippen LogP contribution in [0.25, 0.3) is 33.4 Å². The van der Waals surface area contributed by atoms with Gasteiger partial charge in [0.15, 0.2) is 0 Å². The van der Waals surface area contributed by atoms with E-state index in [0.29, 0.717) is 35.1 Å². The number of carbonyl (C=O) groups is 3. The predicted molar refractivity (Wildman–Crippen MR) is 188 cm³/mol. The second-order valence-corrected chi connectivity index (χ2v) is 12.0. The van der Waals surface area contributed by atoms with Crippen LogP contribution in [0.15, 0.2) is 77.2 Å². The molecule has 1 aliphatic heterocycles. The maximum absolute atomic E-state index is 11.4. The van der Waals surface area contributed by atoms with Crippen molar-refractivity contribution >= 4 is 40.3 Å². The van der Waals surface area contributed by atoms with Crippen LogP contribution < -0.4 is 158 Å². The molecule has 54 heavy (non-hydrogen) atoms. The van der Waals surface area contributed by atoms with Crippen molar-refractivity contribution in [3.05, 3.63) is 83.7 Å². The van der Waals surface area contributed by atoms with Gasteiger partial charge in [0.25, 0.3) is 0 Å². The van der Waals surface area contributed by atoms with Gasteiger partial charge in [0.05, 0.1) is 62.1 Å². The summed E-state index contributed by atoms with van der Waals surface area (Å²) in [6.45, 7) is -1.39. The van der Waals surface area contributed by atoms with E-state index < -0.39 is 37.5 Å². The third-order valence-corrected chi connectivity index (χ3v) is 8.11. The van der Waals surface area contributed by atoms with Gasteiger partial charge in [-0.1, -0.05) is 18.2 Å². The standard InChI is InChI=1S/C38H40N4O10.2K/c1-39-19-23-5-9-27-31(15-23)52-32-17-25(41(2)3)7-10-28(32)38(27)24-6-11-29(40-20-35(43)44)33(16-24)50-13-14-51-34-18-26(49-4)8-12-30(34)42(21-36(45)46)22-37(47)48;;/h5-12,15-18,39H,13-14,19-22H2,1-4H3,(H3,43,44,45,46,47,48);;/q;2*+1/p-2. The number of methoxy groups -OCH3 is 1. The van der Waals surface area contributed by atoms with Crippen molar-refractivity contribution in [2.75, 3.05) is 71.3 Å². The largest absolute Gasteiger partial charge is 1.00 e. The topological polar surface area (TPSA) is 192 Å². The Labute approximate surface area is 397 Å². The van der Waals surface area contributed by atoms with Crippen LogP contribution in [0.4, 0.5) is 11.4 Å². The van der Waals surface area contributed by atoms with Crippen LogP contribution in [0.3, 0.4) is 0 Å². The first-order chi connectivity index (χ1) is 25.0. The minimum absolute atomic E-state index is 0. The fourth-order valence-corrected chi connectivity index (χ4v) is 5.78. The molecule has 5 rings (SSSR count). The van der Waals surface area contributed by atoms with Crippen molar-refractivity contribution in [1.82, 2.24) is 9.89 Å². The number of fused-ring (bicyclic) bond motifs is 2. The molecule has 0 radical (unpaired) electrons. The predicted octanol–water partition coefficient (Wildman–Crippen LogP) is -6.10. The van der Waals surface area contributed by atoms with E-state index in [9.17, 15) is 29.7 Å². The van der Waals surface area contributed by atoms with Crippen LogP contribution in [0.1, 0.15) is 5.56 Å². The number of nitrogens with zero attached hydrogens (tertiary/aromatic N) is 2. The van der Waals surface area contributed by atoms with Gasteiger partial charge in [-0.05, 0) is 54.6 Å². The SMILES string of the molecule is CNCc1ccc2c(-c3ccc(NCC(=O)[O-])c(OCCOc4cc(OC)ccc4N(CC(=O)[O-])CC(=O)[O-])c3)c3ccc(=[N+](C)C)cc-3oc2c1.[K+].[K+]. The van der Waals surface area contributed by atoms with Crippen molar-refractivity contribution in [2.24, 2.45) is 0 Å². The summed E-state index contributed by atoms with van der Waals surface area (Å²) in [5, 5.41) is 42.0. The van der Waals surface area contributed by atoms with Crippen LogP contribution in [-0.2, 0) is 20.9 Å². The van der Waals surface area contributed by atoms with E-state index >= 15 is 0 Å². The Bertz CT molecular complexity index is 2140. The number of aliphatic carboxylic acids is 3. The molecule has 0 spiro atoms. The molecular formula is C38H38K2N4O10. The third-order valence-electron chi connectivity index (χ3n) is 8.11. The Morgan fingerprint density at radius 2 is 1.52 bits per heavy atom. The van der Waals surface area contributed by atoms with Gasteiger partial charge in [-0.15, -0.1) is 0 Å². The molecule has 0 saturated heterocycles. The first-order valence-electron chi connectivity index (χ1n) is 16.3. The molecule has 3 aromatic carbocycles. The van der Waals surface area contributed by atoms with Crippen molar-refractivity contribution in [2.45, 2.75) is 6.54 Å². The van der Waals surface area contributed by atoms with Gasteiger partial charge < -0.3 is 63.9 Å². The van der Waals surface area contributed by atoms with Gasteiger partial charge >= 0.3 is 103 Å². The van der Waals surface area contributed by atoms with E-state index in [0.717, 1.165) is 37.9 Å². The Hall–Kier alpha value is -3.01. The zero-order valence-corrected chi connectivity index (χ0v) is 37.4. The van der Waals surface area contributed by atoms with Crippen molar-refractivity contribution in [3.8, 4) is 39.7 Å². The zero-order valence-electron chi connectivity index (χ0n) is 31.1. The summed E-state index contributed by atoms with van der Waals surface area (Å²) in [4.78, 5) is 35.2. The number of benzene rings is 4. The van der Waals surface area contributed by atoms with Crippen LogP contribution in [0.5, 0.6) is 17.2 Å². The minimum Gasteiger partial charge on any atom is -0.548 e. The number of hydrogen-bond acceptors (Lipinski definition) is 13. The quantitative estimate of drug-likeness (QED) is 0.0392. The van der Waals surface area contributed by atoms with Gasteiger partial charge in [0.2, 0.25) is 5.36 Å². The van der Waals surface area contributed by atoms with E-state index in [4.69, 9.17) is 18.6 Å². The summed E-state index contributed by atoms with van der Waals surface area (Å²) in [5.74, 6) is -2.78. The van der Waals surface area contributed by atoms with Crippen molar-refractivity contribution in [3.63, 3.8) is 0 Å². The second kappa shape index (κ2) is 21.3. The van der Waals surface area contributed by atoms with Crippen LogP contribution in [0, 0.1) is 0 Å². The number of anilines is 2. The van der Waals surface area contributed by atoms with Gasteiger partial charge in [-0.25, -0.2) is 4.58 Å². The number of carboxylic acid groups (broad SMARTS) is 3. The summed E-state index contributed by atoms with van der Waals surface area (Å²) in [5.41, 5.74) is 4.79.